The number of benzene rings is 3. The van der Waals surface area contributed by atoms with E-state index in [0.29, 0.717) is 40.7 Å². The molecule has 11 heteroatoms. The summed E-state index contributed by atoms with van der Waals surface area (Å²) in [4.78, 5) is 22.6. The minimum Gasteiger partial charge on any atom is -0.358 e. The van der Waals surface area contributed by atoms with Crippen LogP contribution in [0, 0.1) is 37.0 Å². The number of fused-ring (bicyclic) bond motifs is 1. The fourth-order valence-corrected chi connectivity index (χ4v) is 8.38. The Hall–Kier alpha value is -6.37. The summed E-state index contributed by atoms with van der Waals surface area (Å²) < 4.78 is 28.0. The van der Waals surface area contributed by atoms with E-state index in [1.807, 2.05) is 43.3 Å². The molecule has 4 heterocycles. The van der Waals surface area contributed by atoms with Crippen molar-refractivity contribution in [2.24, 2.45) is 16.3 Å². The third kappa shape index (κ3) is 11.7. The molecule has 2 aliphatic heterocycles. The van der Waals surface area contributed by atoms with E-state index in [-0.39, 0.29) is 13.2 Å². The number of aliphatic imine (C=N–C) groups is 1. The molecule has 2 fully saturated rings. The molecule has 0 radical (unpaired) electrons. The van der Waals surface area contributed by atoms with Crippen LogP contribution in [0.5, 0.6) is 0 Å². The second kappa shape index (κ2) is 21.2. The van der Waals surface area contributed by atoms with Gasteiger partial charge in [-0.05, 0) is 140 Å². The first kappa shape index (κ1) is 47.3. The normalized spacial score (nSPS) is 15.0. The summed E-state index contributed by atoms with van der Waals surface area (Å²) in [5.74, 6) is 0.455. The van der Waals surface area contributed by atoms with E-state index in [1.165, 1.54) is 31.2 Å². The van der Waals surface area contributed by atoms with E-state index in [1.54, 1.807) is 19.3 Å². The molecule has 8 nitrogen and oxygen atoms in total. The van der Waals surface area contributed by atoms with Gasteiger partial charge >= 0.3 is 0 Å². The van der Waals surface area contributed by atoms with Crippen LogP contribution in [0.1, 0.15) is 99.0 Å². The molecule has 3 aromatic carbocycles. The van der Waals surface area contributed by atoms with Crippen molar-refractivity contribution in [3.8, 4) is 17.2 Å². The van der Waals surface area contributed by atoms with Crippen LogP contribution in [0.3, 0.4) is 0 Å². The summed E-state index contributed by atoms with van der Waals surface area (Å²) in [6.45, 7) is 20.1. The first-order chi connectivity index (χ1) is 28.4. The Morgan fingerprint density at radius 1 is 0.967 bits per heavy atom. The van der Waals surface area contributed by atoms with E-state index in [4.69, 9.17) is 4.99 Å². The number of allylic oxidation sites excluding steroid dienone is 1. The molecule has 0 atom stereocenters. The van der Waals surface area contributed by atoms with Crippen LogP contribution in [0.4, 0.5) is 20.3 Å². The van der Waals surface area contributed by atoms with Crippen LogP contribution < -0.4 is 5.32 Å². The second-order valence-corrected chi connectivity index (χ2v) is 16.9. The Kier molecular flexibility index (Phi) is 16.5. The molecule has 1 N–H and O–H groups in total. The number of nitriles is 1. The molecule has 0 saturated carbocycles. The summed E-state index contributed by atoms with van der Waals surface area (Å²) in [5.41, 5.74) is 10.6. The molecule has 2 saturated heterocycles. The number of aromatic nitrogens is 3. The van der Waals surface area contributed by atoms with Crippen molar-refractivity contribution in [2.75, 3.05) is 38.5 Å². The molecule has 61 heavy (non-hydrogen) atoms. The van der Waals surface area contributed by atoms with Crippen LogP contribution in [0.25, 0.3) is 22.2 Å². The maximum Gasteiger partial charge on any atom is 0.297 e. The third-order valence-electron chi connectivity index (χ3n) is 11.6. The minimum absolute atomic E-state index is 0. The van der Waals surface area contributed by atoms with E-state index in [9.17, 15) is 14.0 Å². The minimum atomic E-state index is -2.82. The quantitative estimate of drug-likeness (QED) is 0.0800. The number of pyridine rings is 1. The largest absolute Gasteiger partial charge is 0.358 e. The van der Waals surface area contributed by atoms with Crippen molar-refractivity contribution in [2.45, 2.75) is 86.2 Å². The third-order valence-corrected chi connectivity index (χ3v) is 11.6. The number of hydrogen-bond donors (Lipinski definition) is 1. The molecule has 7 rings (SSSR count). The van der Waals surface area contributed by atoms with Gasteiger partial charge in [0.25, 0.3) is 6.43 Å². The fourth-order valence-electron chi connectivity index (χ4n) is 8.38. The van der Waals surface area contributed by atoms with Crippen molar-refractivity contribution in [3.63, 3.8) is 0 Å². The van der Waals surface area contributed by atoms with Crippen molar-refractivity contribution < 1.29 is 8.78 Å². The summed E-state index contributed by atoms with van der Waals surface area (Å²) >= 11 is 0. The average Bonchev–Trinajstić information content (AvgIpc) is 3.73. The Balaban J connectivity index is 0.00000159. The molecule has 0 unspecified atom stereocenters. The van der Waals surface area contributed by atoms with Crippen molar-refractivity contribution in [3.05, 3.63) is 132 Å². The second-order valence-electron chi connectivity index (χ2n) is 16.9. The maximum absolute atomic E-state index is 14.0. The van der Waals surface area contributed by atoms with Gasteiger partial charge in [0, 0.05) is 44.2 Å². The van der Waals surface area contributed by atoms with E-state index in [0.717, 1.165) is 77.7 Å². The number of nitrogens with one attached hydrogen (secondary N) is 1. The molecular formula is C50H61CmF2N8-. The number of anilines is 2. The predicted molar refractivity (Wildman–Crippen MR) is 244 cm³/mol. The summed E-state index contributed by atoms with van der Waals surface area (Å²) in [5, 5.41) is 13.5. The molecule has 324 valence electrons. The molecule has 0 bridgehead atoms. The van der Waals surface area contributed by atoms with E-state index < -0.39 is 12.2 Å². The Morgan fingerprint density at radius 2 is 1.64 bits per heavy atom. The molecule has 0 aliphatic carbocycles. The van der Waals surface area contributed by atoms with E-state index >= 15 is 0 Å². The fraction of sp³-hybridized carbons (Fsp3) is 0.400. The molecule has 5 aromatic rings. The maximum atomic E-state index is 14.0. The van der Waals surface area contributed by atoms with Gasteiger partial charge in [-0.3, -0.25) is 19.8 Å². The number of nitrogens with zero attached hydrogens (tertiary/aromatic N) is 7. The van der Waals surface area contributed by atoms with Gasteiger partial charge in [0.2, 0.25) is 0 Å². The average molecular weight is 1060 g/mol. The van der Waals surface area contributed by atoms with Crippen LogP contribution in [0.15, 0.2) is 90.6 Å². The van der Waals surface area contributed by atoms with Gasteiger partial charge in [-0.2, -0.15) is 5.26 Å². The predicted octanol–water partition coefficient (Wildman–Crippen LogP) is 11.7. The summed E-state index contributed by atoms with van der Waals surface area (Å²) in [7, 11) is 1.80. The van der Waals surface area contributed by atoms with Gasteiger partial charge in [-0.15, -0.1) is 6.58 Å². The zero-order chi connectivity index (χ0) is 42.1. The van der Waals surface area contributed by atoms with Gasteiger partial charge in [0.1, 0.15) is 5.52 Å². The standard InChI is InChI=1S/C46H52F2N8.C3H6.CH3.Cm/c1-30-38(12-9-13-39(30)40(50-5)25-33-15-14-31(22-35(33)26-49)28-56-20-16-36(17-21-56)46(2,3)4)34-10-8-11-37(24-34)52-44-42-41(53-45(54-44)43(47)48)23-32(27-51-42)29-55-18-6-7-19-55;1-3-2;;/h8-15,22-24,27,36,43H,6-7,16-21,25,28-29H2,1-5H3,(H,52,53,54);3H,1H2,2H3;1H3;/q;;-1;. The van der Waals surface area contributed by atoms with Gasteiger partial charge in [-0.25, -0.2) is 18.7 Å². The zero-order valence-corrected chi connectivity index (χ0v) is 39.8. The Labute approximate surface area is 356 Å². The zero-order valence-electron chi connectivity index (χ0n) is 36.9. The topological polar surface area (TPSA) is 93.3 Å². The molecule has 2 aliphatic rings. The van der Waals surface area contributed by atoms with Gasteiger partial charge in [0.15, 0.2) is 11.6 Å². The Morgan fingerprint density at radius 3 is 2.30 bits per heavy atom. The monoisotopic (exact) mass is 1050 g/mol. The molecule has 0 spiro atoms. The van der Waals surface area contributed by atoms with Crippen LogP contribution in [0.2, 0.25) is 0 Å². The number of halogens is 2. The molecule has 2 aromatic heterocycles. The number of alkyl halides is 2. The summed E-state index contributed by atoms with van der Waals surface area (Å²) in [6, 6.07) is 24.6. The number of hydrogen-bond acceptors (Lipinski definition) is 8. The first-order valence-electron chi connectivity index (χ1n) is 20.8. The molecular weight excluding hydrogens is 998 g/mol. The van der Waals surface area contributed by atoms with Gasteiger partial charge in [0.05, 0.1) is 17.1 Å². The number of rotatable bonds is 11. The van der Waals surface area contributed by atoms with Gasteiger partial charge < -0.3 is 12.7 Å². The number of likely N-dealkylation sites (tertiary alicyclic amines) is 2. The van der Waals surface area contributed by atoms with Crippen LogP contribution in [-0.2, 0) is 19.5 Å². The van der Waals surface area contributed by atoms with Crippen molar-refractivity contribution >= 4 is 28.3 Å². The Bertz CT molecular complexity index is 2320. The van der Waals surface area contributed by atoms with Gasteiger partial charge in [-0.1, -0.05) is 69.3 Å². The van der Waals surface area contributed by atoms with Crippen molar-refractivity contribution in [1.29, 1.82) is 5.26 Å². The first-order valence-corrected chi connectivity index (χ1v) is 20.8. The van der Waals surface area contributed by atoms with Crippen LogP contribution in [-0.4, -0.2) is 63.7 Å². The molecule has 0 amide bonds. The van der Waals surface area contributed by atoms with Crippen LogP contribution >= 0.6 is 0 Å². The SMILES string of the molecule is C=CC.CN=C(Cc1ccc(CN2CCC(C(C)(C)C)CC2)cc1C#N)c1cccc(-c2cccc(Nc3nc(C(F)F)nc4cc(CN5CCCC5)cnc34)c2)c1C.[CH3-].[Cm]. The van der Waals surface area contributed by atoms with E-state index in [2.05, 4.69) is 101 Å². The smallest absolute Gasteiger partial charge is 0.297 e. The number of piperidine rings is 1. The summed E-state index contributed by atoms with van der Waals surface area (Å²) in [6.07, 6.45) is 6.00. The van der Waals surface area contributed by atoms with Crippen molar-refractivity contribution in [1.82, 2.24) is 24.8 Å².